The number of benzene rings is 2. The first-order chi connectivity index (χ1) is 12.3. The van der Waals surface area contributed by atoms with Gasteiger partial charge in [0.1, 0.15) is 0 Å². The van der Waals surface area contributed by atoms with Gasteiger partial charge in [-0.15, -0.1) is 0 Å². The normalized spacial score (nSPS) is 16.4. The van der Waals surface area contributed by atoms with E-state index in [0.29, 0.717) is 11.3 Å². The number of rotatable bonds is 4. The van der Waals surface area contributed by atoms with Gasteiger partial charge >= 0.3 is 5.97 Å². The quantitative estimate of drug-likeness (QED) is 0.520. The van der Waals surface area contributed by atoms with Crippen LogP contribution in [0.1, 0.15) is 29.8 Å². The van der Waals surface area contributed by atoms with Crippen molar-refractivity contribution in [2.75, 3.05) is 24.3 Å². The van der Waals surface area contributed by atoms with Gasteiger partial charge in [0.2, 0.25) is 0 Å². The molecule has 0 unspecified atom stereocenters. The van der Waals surface area contributed by atoms with Crippen LogP contribution >= 0.6 is 0 Å². The molecule has 5 heteroatoms. The Kier molecular flexibility index (Phi) is 4.55. The van der Waals surface area contributed by atoms with Gasteiger partial charge in [-0.1, -0.05) is 32.0 Å². The van der Waals surface area contributed by atoms with Crippen molar-refractivity contribution in [2.24, 2.45) is 0 Å². The SMILES string of the molecule is CN1C(=CC(=O)COC(=O)c2ccc(N)cc2)C(C)(C)c2ccccc21. The smallest absolute Gasteiger partial charge is 0.338 e. The number of hydrogen-bond donors (Lipinski definition) is 1. The minimum Gasteiger partial charge on any atom is -0.454 e. The number of fused-ring (bicyclic) bond motifs is 1. The molecule has 0 radical (unpaired) electrons. The molecular weight excluding hydrogens is 328 g/mol. The standard InChI is InChI=1S/C21H22N2O3/c1-21(2)17-6-4-5-7-18(17)23(3)19(21)12-16(24)13-26-20(25)14-8-10-15(22)11-9-14/h4-12H,13,22H2,1-3H3. The van der Waals surface area contributed by atoms with E-state index in [2.05, 4.69) is 19.9 Å². The van der Waals surface area contributed by atoms with Crippen molar-refractivity contribution in [2.45, 2.75) is 19.3 Å². The number of nitrogens with two attached hydrogens (primary N) is 1. The molecule has 0 bridgehead atoms. The first kappa shape index (κ1) is 17.7. The van der Waals surface area contributed by atoms with Crippen LogP contribution in [0.4, 0.5) is 11.4 Å². The molecule has 2 aromatic rings. The molecule has 1 aliphatic rings. The predicted octanol–water partition coefficient (Wildman–Crippen LogP) is 3.31. The molecule has 0 saturated heterocycles. The van der Waals surface area contributed by atoms with E-state index in [-0.39, 0.29) is 17.8 Å². The lowest BCUT2D eigenvalue weighted by atomic mass is 9.83. The average Bonchev–Trinajstić information content (AvgIpc) is 2.81. The Balaban J connectivity index is 1.71. The van der Waals surface area contributed by atoms with E-state index < -0.39 is 5.97 Å². The fraction of sp³-hybridized carbons (Fsp3) is 0.238. The molecule has 0 aliphatic carbocycles. The Morgan fingerprint density at radius 2 is 1.77 bits per heavy atom. The molecule has 0 atom stereocenters. The number of nitrogen functional groups attached to an aromatic ring is 1. The molecule has 0 fully saturated rings. The minimum atomic E-state index is -0.543. The highest BCUT2D eigenvalue weighted by molar-refractivity contribution is 5.96. The van der Waals surface area contributed by atoms with Gasteiger partial charge in [0.25, 0.3) is 0 Å². The third-order valence-electron chi connectivity index (χ3n) is 4.73. The Morgan fingerprint density at radius 1 is 1.12 bits per heavy atom. The lowest BCUT2D eigenvalue weighted by Gasteiger charge is -2.23. The first-order valence-electron chi connectivity index (χ1n) is 8.41. The van der Waals surface area contributed by atoms with Gasteiger partial charge in [-0.3, -0.25) is 4.79 Å². The molecule has 0 aromatic heterocycles. The van der Waals surface area contributed by atoms with Crippen LogP contribution in [0.15, 0.2) is 60.3 Å². The largest absolute Gasteiger partial charge is 0.454 e. The van der Waals surface area contributed by atoms with Crippen molar-refractivity contribution in [3.8, 4) is 0 Å². The number of carbonyl (C=O) groups excluding carboxylic acids is 2. The fourth-order valence-corrected chi connectivity index (χ4v) is 3.29. The summed E-state index contributed by atoms with van der Waals surface area (Å²) in [5, 5.41) is 0. The van der Waals surface area contributed by atoms with Crippen LogP contribution in [0.2, 0.25) is 0 Å². The zero-order valence-corrected chi connectivity index (χ0v) is 15.2. The van der Waals surface area contributed by atoms with E-state index in [1.807, 2.05) is 30.1 Å². The Bertz CT molecular complexity index is 882. The van der Waals surface area contributed by atoms with Crippen molar-refractivity contribution in [1.82, 2.24) is 0 Å². The number of ether oxygens (including phenoxy) is 1. The summed E-state index contributed by atoms with van der Waals surface area (Å²) in [6, 6.07) is 14.5. The summed E-state index contributed by atoms with van der Waals surface area (Å²) in [6.07, 6.45) is 1.57. The van der Waals surface area contributed by atoms with E-state index in [4.69, 9.17) is 10.5 Å². The Hall–Kier alpha value is -3.08. The lowest BCUT2D eigenvalue weighted by molar-refractivity contribution is -0.117. The van der Waals surface area contributed by atoms with E-state index in [0.717, 1.165) is 11.4 Å². The molecule has 26 heavy (non-hydrogen) atoms. The molecule has 0 spiro atoms. The summed E-state index contributed by atoms with van der Waals surface area (Å²) in [4.78, 5) is 26.4. The van der Waals surface area contributed by atoms with Crippen molar-refractivity contribution in [3.63, 3.8) is 0 Å². The van der Waals surface area contributed by atoms with Crippen LogP contribution in [0.5, 0.6) is 0 Å². The molecule has 0 amide bonds. The van der Waals surface area contributed by atoms with Gasteiger partial charge in [0.05, 0.1) is 5.56 Å². The molecule has 1 aliphatic heterocycles. The molecule has 3 rings (SSSR count). The number of hydrogen-bond acceptors (Lipinski definition) is 5. The van der Waals surface area contributed by atoms with Gasteiger partial charge in [-0.25, -0.2) is 4.79 Å². The van der Waals surface area contributed by atoms with Gasteiger partial charge in [-0.2, -0.15) is 0 Å². The molecular formula is C21H22N2O3. The van der Waals surface area contributed by atoms with Crippen molar-refractivity contribution < 1.29 is 14.3 Å². The minimum absolute atomic E-state index is 0.253. The summed E-state index contributed by atoms with van der Waals surface area (Å²) in [6.45, 7) is 3.86. The van der Waals surface area contributed by atoms with Crippen LogP contribution in [0, 0.1) is 0 Å². The molecule has 1 heterocycles. The number of likely N-dealkylation sites (N-methyl/N-ethyl adjacent to an activating group) is 1. The number of para-hydroxylation sites is 1. The molecule has 2 aromatic carbocycles. The maximum absolute atomic E-state index is 12.4. The Labute approximate surface area is 153 Å². The average molecular weight is 350 g/mol. The van der Waals surface area contributed by atoms with Gasteiger partial charge < -0.3 is 15.4 Å². The maximum atomic E-state index is 12.4. The van der Waals surface area contributed by atoms with E-state index in [1.54, 1.807) is 30.3 Å². The van der Waals surface area contributed by atoms with Crippen LogP contribution in [-0.2, 0) is 14.9 Å². The highest BCUT2D eigenvalue weighted by Crippen LogP contribution is 2.46. The van der Waals surface area contributed by atoms with E-state index in [9.17, 15) is 9.59 Å². The number of anilines is 2. The second kappa shape index (κ2) is 6.67. The van der Waals surface area contributed by atoms with Crippen molar-refractivity contribution >= 4 is 23.1 Å². The van der Waals surface area contributed by atoms with Crippen LogP contribution < -0.4 is 10.6 Å². The highest BCUT2D eigenvalue weighted by atomic mass is 16.5. The molecule has 0 saturated carbocycles. The number of carbonyl (C=O) groups is 2. The summed E-state index contributed by atoms with van der Waals surface area (Å²) in [5.74, 6) is -0.796. The third kappa shape index (κ3) is 3.20. The molecule has 134 valence electrons. The highest BCUT2D eigenvalue weighted by Gasteiger charge is 2.38. The van der Waals surface area contributed by atoms with Gasteiger partial charge in [0.15, 0.2) is 12.4 Å². The van der Waals surface area contributed by atoms with E-state index in [1.165, 1.54) is 5.56 Å². The zero-order chi connectivity index (χ0) is 18.9. The van der Waals surface area contributed by atoms with Crippen LogP contribution in [-0.4, -0.2) is 25.4 Å². The number of nitrogens with zero attached hydrogens (tertiary/aromatic N) is 1. The summed E-state index contributed by atoms with van der Waals surface area (Å²) in [5.41, 5.74) is 9.36. The predicted molar refractivity (Wildman–Crippen MR) is 102 cm³/mol. The van der Waals surface area contributed by atoms with Crippen LogP contribution in [0.3, 0.4) is 0 Å². The summed E-state index contributed by atoms with van der Waals surface area (Å²) < 4.78 is 5.13. The number of ketones is 1. The fourth-order valence-electron chi connectivity index (χ4n) is 3.29. The van der Waals surface area contributed by atoms with Crippen molar-refractivity contribution in [1.29, 1.82) is 0 Å². The zero-order valence-electron chi connectivity index (χ0n) is 15.2. The number of esters is 1. The molecule has 2 N–H and O–H groups in total. The molecule has 5 nitrogen and oxygen atoms in total. The maximum Gasteiger partial charge on any atom is 0.338 e. The second-order valence-corrected chi connectivity index (χ2v) is 6.90. The van der Waals surface area contributed by atoms with Crippen molar-refractivity contribution in [3.05, 3.63) is 71.4 Å². The summed E-state index contributed by atoms with van der Waals surface area (Å²) >= 11 is 0. The van der Waals surface area contributed by atoms with E-state index >= 15 is 0 Å². The topological polar surface area (TPSA) is 72.6 Å². The first-order valence-corrected chi connectivity index (χ1v) is 8.41. The van der Waals surface area contributed by atoms with Crippen LogP contribution in [0.25, 0.3) is 0 Å². The Morgan fingerprint density at radius 3 is 2.42 bits per heavy atom. The third-order valence-corrected chi connectivity index (χ3v) is 4.73. The second-order valence-electron chi connectivity index (χ2n) is 6.90. The number of allylic oxidation sites excluding steroid dienone is 1. The lowest BCUT2D eigenvalue weighted by Crippen LogP contribution is -2.25. The van der Waals surface area contributed by atoms with Gasteiger partial charge in [-0.05, 0) is 35.9 Å². The monoisotopic (exact) mass is 350 g/mol. The van der Waals surface area contributed by atoms with Gasteiger partial charge in [0, 0.05) is 35.6 Å². The summed E-state index contributed by atoms with van der Waals surface area (Å²) in [7, 11) is 1.94.